The first kappa shape index (κ1) is 32.3. The second-order valence-electron chi connectivity index (χ2n) is 10.9. The molecule has 4 rings (SSSR count). The Labute approximate surface area is 265 Å². The topological polar surface area (TPSA) is 58.2 Å². The third-order valence-electron chi connectivity index (χ3n) is 7.74. The van der Waals surface area contributed by atoms with E-state index < -0.39 is 0 Å². The molecule has 0 aromatic heterocycles. The standard InChI is InChI=1S/C37H40Cl2N2O2/c1-5-28-18-26(19-29(6-2)36(28)40-34(42)22-24-9-13-32(38)14-10-24)17-27-20-30(7-3)37(31(8-4)21-27)41-35(43)23-25-11-15-33(39)16-12-25/h9-16,18-21H,5-8,17,22-23H2,1-4H3,(H,40,42)(H,41,43). The summed E-state index contributed by atoms with van der Waals surface area (Å²) in [6, 6.07) is 23.7. The van der Waals surface area contributed by atoms with E-state index in [0.29, 0.717) is 22.9 Å². The Kier molecular flexibility index (Phi) is 11.4. The van der Waals surface area contributed by atoms with E-state index in [9.17, 15) is 9.59 Å². The molecule has 2 N–H and O–H groups in total. The van der Waals surface area contributed by atoms with Gasteiger partial charge in [0.05, 0.1) is 12.8 Å². The van der Waals surface area contributed by atoms with Crippen molar-refractivity contribution in [1.29, 1.82) is 0 Å². The zero-order valence-corrected chi connectivity index (χ0v) is 27.0. The molecule has 2 amide bonds. The molecule has 0 radical (unpaired) electrons. The molecule has 4 aromatic carbocycles. The van der Waals surface area contributed by atoms with Gasteiger partial charge in [-0.05, 0) is 101 Å². The van der Waals surface area contributed by atoms with Crippen molar-refractivity contribution in [2.45, 2.75) is 72.6 Å². The summed E-state index contributed by atoms with van der Waals surface area (Å²) in [6.07, 6.45) is 4.64. The molecule has 0 aliphatic rings. The van der Waals surface area contributed by atoms with Crippen LogP contribution in [-0.4, -0.2) is 11.8 Å². The highest BCUT2D eigenvalue weighted by molar-refractivity contribution is 6.30. The molecule has 0 aliphatic heterocycles. The highest BCUT2D eigenvalue weighted by Gasteiger charge is 2.16. The van der Waals surface area contributed by atoms with Gasteiger partial charge in [-0.2, -0.15) is 0 Å². The number of benzene rings is 4. The Bertz CT molecular complexity index is 1410. The molecule has 0 heterocycles. The van der Waals surface area contributed by atoms with Crippen LogP contribution >= 0.6 is 23.2 Å². The maximum absolute atomic E-state index is 13.0. The number of carbonyl (C=O) groups excluding carboxylic acids is 2. The van der Waals surface area contributed by atoms with Gasteiger partial charge in [0.25, 0.3) is 0 Å². The van der Waals surface area contributed by atoms with Gasteiger partial charge >= 0.3 is 0 Å². The van der Waals surface area contributed by atoms with Gasteiger partial charge in [0, 0.05) is 21.4 Å². The number of halogens is 2. The van der Waals surface area contributed by atoms with Crippen molar-refractivity contribution in [3.05, 3.63) is 127 Å². The fourth-order valence-electron chi connectivity index (χ4n) is 5.50. The molecule has 6 heteroatoms. The average Bonchev–Trinajstić information content (AvgIpc) is 3.00. The van der Waals surface area contributed by atoms with E-state index in [0.717, 1.165) is 76.9 Å². The van der Waals surface area contributed by atoms with E-state index >= 15 is 0 Å². The van der Waals surface area contributed by atoms with Crippen molar-refractivity contribution in [3.63, 3.8) is 0 Å². The van der Waals surface area contributed by atoms with Crippen LogP contribution in [0.25, 0.3) is 0 Å². The van der Waals surface area contributed by atoms with Crippen LogP contribution in [-0.2, 0) is 54.5 Å². The van der Waals surface area contributed by atoms with E-state index in [4.69, 9.17) is 23.2 Å². The Morgan fingerprint density at radius 3 is 1.09 bits per heavy atom. The molecular weight excluding hydrogens is 575 g/mol. The minimum atomic E-state index is -0.0339. The van der Waals surface area contributed by atoms with Crippen molar-refractivity contribution in [1.82, 2.24) is 0 Å². The minimum Gasteiger partial charge on any atom is -0.325 e. The number of anilines is 2. The molecule has 0 unspecified atom stereocenters. The summed E-state index contributed by atoms with van der Waals surface area (Å²) in [5, 5.41) is 7.72. The Morgan fingerprint density at radius 1 is 0.512 bits per heavy atom. The first-order chi connectivity index (χ1) is 20.7. The zero-order chi connectivity index (χ0) is 30.9. The third-order valence-corrected chi connectivity index (χ3v) is 8.24. The Balaban J connectivity index is 1.54. The Morgan fingerprint density at radius 2 is 0.814 bits per heavy atom. The zero-order valence-electron chi connectivity index (χ0n) is 25.5. The van der Waals surface area contributed by atoms with Gasteiger partial charge < -0.3 is 10.6 Å². The van der Waals surface area contributed by atoms with Crippen LogP contribution in [0.4, 0.5) is 11.4 Å². The van der Waals surface area contributed by atoms with Gasteiger partial charge in [-0.25, -0.2) is 0 Å². The molecule has 0 fully saturated rings. The van der Waals surface area contributed by atoms with Crippen LogP contribution in [0.3, 0.4) is 0 Å². The largest absolute Gasteiger partial charge is 0.325 e. The van der Waals surface area contributed by atoms with E-state index in [2.05, 4.69) is 62.6 Å². The molecule has 43 heavy (non-hydrogen) atoms. The predicted octanol–water partition coefficient (Wildman–Crippen LogP) is 9.20. The number of carbonyl (C=O) groups is 2. The fourth-order valence-corrected chi connectivity index (χ4v) is 5.75. The van der Waals surface area contributed by atoms with Crippen LogP contribution < -0.4 is 10.6 Å². The lowest BCUT2D eigenvalue weighted by Crippen LogP contribution is -2.17. The summed E-state index contributed by atoms with van der Waals surface area (Å²) in [5.74, 6) is -0.0679. The summed E-state index contributed by atoms with van der Waals surface area (Å²) >= 11 is 12.0. The van der Waals surface area contributed by atoms with Crippen LogP contribution in [0.1, 0.15) is 72.2 Å². The monoisotopic (exact) mass is 614 g/mol. The SMILES string of the molecule is CCc1cc(Cc2cc(CC)c(NC(=O)Cc3ccc(Cl)cc3)c(CC)c2)cc(CC)c1NC(=O)Cc1ccc(Cl)cc1. The Hall–Kier alpha value is -3.60. The predicted molar refractivity (Wildman–Crippen MR) is 181 cm³/mol. The lowest BCUT2D eigenvalue weighted by molar-refractivity contribution is -0.116. The van der Waals surface area contributed by atoms with E-state index in [1.54, 1.807) is 0 Å². The van der Waals surface area contributed by atoms with E-state index in [-0.39, 0.29) is 11.8 Å². The van der Waals surface area contributed by atoms with E-state index in [1.807, 2.05) is 48.5 Å². The van der Waals surface area contributed by atoms with Crippen molar-refractivity contribution >= 4 is 46.4 Å². The van der Waals surface area contributed by atoms with Gasteiger partial charge in [0.2, 0.25) is 11.8 Å². The molecule has 0 aliphatic carbocycles. The highest BCUT2D eigenvalue weighted by Crippen LogP contribution is 2.30. The number of nitrogens with one attached hydrogen (secondary N) is 2. The summed E-state index contributed by atoms with van der Waals surface area (Å²) in [4.78, 5) is 25.9. The molecule has 4 nitrogen and oxygen atoms in total. The van der Waals surface area contributed by atoms with Crippen LogP contribution in [0.2, 0.25) is 10.0 Å². The molecular formula is C37H40Cl2N2O2. The molecule has 0 saturated heterocycles. The summed E-state index contributed by atoms with van der Waals surface area (Å²) in [5.41, 5.74) is 10.7. The van der Waals surface area contributed by atoms with Crippen molar-refractivity contribution < 1.29 is 9.59 Å². The first-order valence-corrected chi connectivity index (χ1v) is 15.9. The highest BCUT2D eigenvalue weighted by atomic mass is 35.5. The van der Waals surface area contributed by atoms with Gasteiger partial charge in [-0.15, -0.1) is 0 Å². The lowest BCUT2D eigenvalue weighted by atomic mass is 9.92. The average molecular weight is 616 g/mol. The normalized spacial score (nSPS) is 10.9. The van der Waals surface area contributed by atoms with Crippen molar-refractivity contribution in [3.8, 4) is 0 Å². The van der Waals surface area contributed by atoms with Crippen LogP contribution in [0.15, 0.2) is 72.8 Å². The number of hydrogen-bond acceptors (Lipinski definition) is 2. The molecule has 0 bridgehead atoms. The maximum atomic E-state index is 13.0. The second-order valence-corrected chi connectivity index (χ2v) is 11.7. The van der Waals surface area contributed by atoms with Gasteiger partial charge in [0.1, 0.15) is 0 Å². The van der Waals surface area contributed by atoms with Gasteiger partial charge in [-0.3, -0.25) is 9.59 Å². The lowest BCUT2D eigenvalue weighted by Gasteiger charge is -2.19. The minimum absolute atomic E-state index is 0.0339. The smallest absolute Gasteiger partial charge is 0.228 e. The maximum Gasteiger partial charge on any atom is 0.228 e. The van der Waals surface area contributed by atoms with Crippen LogP contribution in [0.5, 0.6) is 0 Å². The number of rotatable bonds is 12. The number of hydrogen-bond donors (Lipinski definition) is 2. The van der Waals surface area contributed by atoms with Gasteiger partial charge in [-0.1, -0.05) is 99.4 Å². The van der Waals surface area contributed by atoms with Gasteiger partial charge in [0.15, 0.2) is 0 Å². The molecule has 0 spiro atoms. The molecule has 0 saturated carbocycles. The van der Waals surface area contributed by atoms with E-state index in [1.165, 1.54) is 11.1 Å². The third kappa shape index (κ3) is 8.72. The quantitative estimate of drug-likeness (QED) is 0.167. The summed E-state index contributed by atoms with van der Waals surface area (Å²) in [7, 11) is 0. The summed E-state index contributed by atoms with van der Waals surface area (Å²) < 4.78 is 0. The molecule has 0 atom stereocenters. The number of aryl methyl sites for hydroxylation is 4. The fraction of sp³-hybridized carbons (Fsp3) is 0.297. The number of amides is 2. The molecule has 224 valence electrons. The van der Waals surface area contributed by atoms with Crippen LogP contribution in [0, 0.1) is 0 Å². The van der Waals surface area contributed by atoms with Crippen molar-refractivity contribution in [2.24, 2.45) is 0 Å². The first-order valence-electron chi connectivity index (χ1n) is 15.1. The van der Waals surface area contributed by atoms with Crippen molar-refractivity contribution in [2.75, 3.05) is 10.6 Å². The molecule has 4 aromatic rings. The second kappa shape index (κ2) is 15.2. The summed E-state index contributed by atoms with van der Waals surface area (Å²) in [6.45, 7) is 8.50.